The first-order valence-corrected chi connectivity index (χ1v) is 8.72. The van der Waals surface area contributed by atoms with Crippen molar-refractivity contribution in [2.24, 2.45) is 0 Å². The van der Waals surface area contributed by atoms with Crippen molar-refractivity contribution in [3.8, 4) is 0 Å². The van der Waals surface area contributed by atoms with Gasteiger partial charge in [0.05, 0.1) is 6.61 Å². The number of urea groups is 1. The molecule has 1 saturated heterocycles. The number of rotatable bonds is 8. The van der Waals surface area contributed by atoms with Gasteiger partial charge in [-0.2, -0.15) is 0 Å². The van der Waals surface area contributed by atoms with Crippen molar-refractivity contribution in [2.45, 2.75) is 32.6 Å². The summed E-state index contributed by atoms with van der Waals surface area (Å²) in [5, 5.41) is 5.60. The molecule has 1 heterocycles. The van der Waals surface area contributed by atoms with Gasteiger partial charge in [0.15, 0.2) is 0 Å². The summed E-state index contributed by atoms with van der Waals surface area (Å²) in [6.45, 7) is 7.27. The fraction of sp³-hybridized carbons (Fsp3) is 0.611. The highest BCUT2D eigenvalue weighted by molar-refractivity contribution is 5.89. The van der Waals surface area contributed by atoms with E-state index in [1.807, 2.05) is 19.1 Å². The highest BCUT2D eigenvalue weighted by Gasteiger charge is 2.09. The summed E-state index contributed by atoms with van der Waals surface area (Å²) in [4.78, 5) is 14.3. The van der Waals surface area contributed by atoms with Crippen molar-refractivity contribution in [2.75, 3.05) is 44.7 Å². The minimum Gasteiger partial charge on any atom is -0.380 e. The van der Waals surface area contributed by atoms with Crippen LogP contribution < -0.4 is 10.6 Å². The minimum absolute atomic E-state index is 0.189. The number of nitrogens with zero attached hydrogens (tertiary/aromatic N) is 1. The lowest BCUT2D eigenvalue weighted by Crippen LogP contribution is -2.31. The molecule has 0 bridgehead atoms. The SMILES string of the molecule is CCOCCNC(=O)Nc1ccc(CCN2CCCCC2)cc1. The second-order valence-corrected chi connectivity index (χ2v) is 5.93. The summed E-state index contributed by atoms with van der Waals surface area (Å²) in [5.41, 5.74) is 2.14. The topological polar surface area (TPSA) is 53.6 Å². The van der Waals surface area contributed by atoms with E-state index in [-0.39, 0.29) is 6.03 Å². The van der Waals surface area contributed by atoms with Crippen LogP contribution in [0.1, 0.15) is 31.7 Å². The summed E-state index contributed by atoms with van der Waals surface area (Å²) in [5.74, 6) is 0. The van der Waals surface area contributed by atoms with Gasteiger partial charge in [-0.25, -0.2) is 4.79 Å². The maximum Gasteiger partial charge on any atom is 0.319 e. The smallest absolute Gasteiger partial charge is 0.319 e. The Bertz CT molecular complexity index is 456. The fourth-order valence-electron chi connectivity index (χ4n) is 2.78. The molecule has 1 aliphatic rings. The van der Waals surface area contributed by atoms with E-state index >= 15 is 0 Å². The minimum atomic E-state index is -0.189. The molecule has 1 aromatic rings. The number of nitrogens with one attached hydrogen (secondary N) is 2. The Labute approximate surface area is 139 Å². The number of carbonyl (C=O) groups excluding carboxylic acids is 1. The number of carbonyl (C=O) groups is 1. The van der Waals surface area contributed by atoms with Gasteiger partial charge in [-0.05, 0) is 57.0 Å². The van der Waals surface area contributed by atoms with Crippen molar-refractivity contribution in [3.63, 3.8) is 0 Å². The van der Waals surface area contributed by atoms with Crippen LogP contribution >= 0.6 is 0 Å². The van der Waals surface area contributed by atoms with Gasteiger partial charge in [0, 0.05) is 25.4 Å². The molecule has 1 aliphatic heterocycles. The lowest BCUT2D eigenvalue weighted by Gasteiger charge is -2.26. The molecule has 0 atom stereocenters. The molecule has 1 aromatic carbocycles. The molecule has 1 fully saturated rings. The Balaban J connectivity index is 1.68. The van der Waals surface area contributed by atoms with Gasteiger partial charge in [-0.15, -0.1) is 0 Å². The number of likely N-dealkylation sites (tertiary alicyclic amines) is 1. The number of hydrogen-bond acceptors (Lipinski definition) is 3. The van der Waals surface area contributed by atoms with E-state index in [9.17, 15) is 4.79 Å². The molecule has 23 heavy (non-hydrogen) atoms. The molecule has 0 aromatic heterocycles. The van der Waals surface area contributed by atoms with Gasteiger partial charge in [0.1, 0.15) is 0 Å². The summed E-state index contributed by atoms with van der Waals surface area (Å²) < 4.78 is 5.18. The first-order chi connectivity index (χ1) is 11.3. The number of benzene rings is 1. The third-order valence-corrected chi connectivity index (χ3v) is 4.11. The van der Waals surface area contributed by atoms with Crippen molar-refractivity contribution >= 4 is 11.7 Å². The van der Waals surface area contributed by atoms with Crippen LogP contribution in [0.15, 0.2) is 24.3 Å². The van der Waals surface area contributed by atoms with Crippen LogP contribution in [0.4, 0.5) is 10.5 Å². The normalized spacial score (nSPS) is 15.3. The van der Waals surface area contributed by atoms with Crippen LogP contribution in [0.25, 0.3) is 0 Å². The second-order valence-electron chi connectivity index (χ2n) is 5.93. The maximum atomic E-state index is 11.7. The van der Waals surface area contributed by atoms with E-state index in [1.54, 1.807) is 0 Å². The van der Waals surface area contributed by atoms with Crippen molar-refractivity contribution in [1.29, 1.82) is 0 Å². The lowest BCUT2D eigenvalue weighted by atomic mass is 10.1. The van der Waals surface area contributed by atoms with E-state index in [0.717, 1.165) is 18.7 Å². The zero-order valence-electron chi connectivity index (χ0n) is 14.1. The van der Waals surface area contributed by atoms with Crippen molar-refractivity contribution in [1.82, 2.24) is 10.2 Å². The number of piperidine rings is 1. The molecule has 5 nitrogen and oxygen atoms in total. The van der Waals surface area contributed by atoms with Gasteiger partial charge in [0.2, 0.25) is 0 Å². The van der Waals surface area contributed by atoms with Crippen LogP contribution in [0.5, 0.6) is 0 Å². The molecule has 128 valence electrons. The Hall–Kier alpha value is -1.59. The second kappa shape index (κ2) is 10.2. The van der Waals surface area contributed by atoms with Crippen LogP contribution in [0, 0.1) is 0 Å². The molecule has 2 N–H and O–H groups in total. The van der Waals surface area contributed by atoms with E-state index in [4.69, 9.17) is 4.74 Å². The zero-order chi connectivity index (χ0) is 16.3. The highest BCUT2D eigenvalue weighted by atomic mass is 16.5. The van der Waals surface area contributed by atoms with Crippen LogP contribution in [-0.4, -0.2) is 50.3 Å². The molecular weight excluding hydrogens is 290 g/mol. The molecular formula is C18H29N3O2. The Morgan fingerprint density at radius 3 is 2.61 bits per heavy atom. The van der Waals surface area contributed by atoms with Gasteiger partial charge in [0.25, 0.3) is 0 Å². The monoisotopic (exact) mass is 319 g/mol. The summed E-state index contributed by atoms with van der Waals surface area (Å²) in [6.07, 6.45) is 5.12. The number of ether oxygens (including phenoxy) is 1. The zero-order valence-corrected chi connectivity index (χ0v) is 14.1. The molecule has 5 heteroatoms. The van der Waals surface area contributed by atoms with Gasteiger partial charge in [-0.3, -0.25) is 0 Å². The van der Waals surface area contributed by atoms with E-state index < -0.39 is 0 Å². The molecule has 2 amide bonds. The molecule has 0 unspecified atom stereocenters. The number of hydrogen-bond donors (Lipinski definition) is 2. The molecule has 0 radical (unpaired) electrons. The summed E-state index contributed by atoms with van der Waals surface area (Å²) in [6, 6.07) is 7.94. The highest BCUT2D eigenvalue weighted by Crippen LogP contribution is 2.12. The van der Waals surface area contributed by atoms with Crippen molar-refractivity contribution < 1.29 is 9.53 Å². The first-order valence-electron chi connectivity index (χ1n) is 8.72. The predicted octanol–water partition coefficient (Wildman–Crippen LogP) is 2.87. The van der Waals surface area contributed by atoms with E-state index in [2.05, 4.69) is 27.7 Å². The third-order valence-electron chi connectivity index (χ3n) is 4.11. The molecule has 2 rings (SSSR count). The third kappa shape index (κ3) is 7.01. The standard InChI is InChI=1S/C18H29N3O2/c1-2-23-15-11-19-18(22)20-17-8-6-16(7-9-17)10-14-21-12-4-3-5-13-21/h6-9H,2-5,10-15H2,1H3,(H2,19,20,22). The largest absolute Gasteiger partial charge is 0.380 e. The Kier molecular flexibility index (Phi) is 7.90. The number of anilines is 1. The summed E-state index contributed by atoms with van der Waals surface area (Å²) in [7, 11) is 0. The van der Waals surface area contributed by atoms with Crippen LogP contribution in [0.2, 0.25) is 0 Å². The average molecular weight is 319 g/mol. The van der Waals surface area contributed by atoms with Gasteiger partial charge < -0.3 is 20.3 Å². The Morgan fingerprint density at radius 2 is 1.91 bits per heavy atom. The predicted molar refractivity (Wildman–Crippen MR) is 94.0 cm³/mol. The van der Waals surface area contributed by atoms with Crippen LogP contribution in [0.3, 0.4) is 0 Å². The lowest BCUT2D eigenvalue weighted by molar-refractivity contribution is 0.150. The van der Waals surface area contributed by atoms with Gasteiger partial charge in [-0.1, -0.05) is 18.6 Å². The van der Waals surface area contributed by atoms with E-state index in [1.165, 1.54) is 37.9 Å². The average Bonchev–Trinajstić information content (AvgIpc) is 2.59. The summed E-state index contributed by atoms with van der Waals surface area (Å²) >= 11 is 0. The van der Waals surface area contributed by atoms with E-state index in [0.29, 0.717) is 19.8 Å². The molecule has 0 spiro atoms. The molecule has 0 aliphatic carbocycles. The maximum absolute atomic E-state index is 11.7. The molecule has 0 saturated carbocycles. The fourth-order valence-corrected chi connectivity index (χ4v) is 2.78. The first kappa shape index (κ1) is 17.8. The van der Waals surface area contributed by atoms with Crippen LogP contribution in [-0.2, 0) is 11.2 Å². The quantitative estimate of drug-likeness (QED) is 0.725. The Morgan fingerprint density at radius 1 is 1.17 bits per heavy atom. The number of amides is 2. The van der Waals surface area contributed by atoms with Gasteiger partial charge >= 0.3 is 6.03 Å². The van der Waals surface area contributed by atoms with Crippen molar-refractivity contribution in [3.05, 3.63) is 29.8 Å².